The Morgan fingerprint density at radius 1 is 1.19 bits per heavy atom. The summed E-state index contributed by atoms with van der Waals surface area (Å²) in [6.07, 6.45) is 4.88. The fraction of sp³-hybridized carbons (Fsp3) is 0.538. The molecule has 88 valence electrons. The lowest BCUT2D eigenvalue weighted by atomic mass is 10.1. The van der Waals surface area contributed by atoms with Crippen molar-refractivity contribution in [1.82, 2.24) is 0 Å². The third-order valence-corrected chi connectivity index (χ3v) is 2.02. The lowest BCUT2D eigenvalue weighted by molar-refractivity contribution is -0.151. The number of allylic oxidation sites excluding steroid dienone is 2. The van der Waals surface area contributed by atoms with Crippen molar-refractivity contribution in [3.05, 3.63) is 24.2 Å². The van der Waals surface area contributed by atoms with E-state index in [0.717, 1.165) is 5.76 Å². The average Bonchev–Trinajstić information content (AvgIpc) is 2.34. The van der Waals surface area contributed by atoms with Gasteiger partial charge in [0, 0.05) is 26.0 Å². The molecule has 0 aromatic heterocycles. The van der Waals surface area contributed by atoms with Crippen LogP contribution >= 0.6 is 0 Å². The van der Waals surface area contributed by atoms with E-state index in [1.54, 1.807) is 19.3 Å². The minimum atomic E-state index is -0.584. The van der Waals surface area contributed by atoms with Gasteiger partial charge in [-0.3, -0.25) is 0 Å². The van der Waals surface area contributed by atoms with Crippen LogP contribution in [0, 0.1) is 11.8 Å². The molecule has 0 aliphatic carbocycles. The molecule has 0 spiro atoms. The van der Waals surface area contributed by atoms with E-state index in [2.05, 4.69) is 11.8 Å². The van der Waals surface area contributed by atoms with Crippen LogP contribution < -0.4 is 0 Å². The minimum absolute atomic E-state index is 0.427. The molecule has 0 aromatic carbocycles. The maximum Gasteiger partial charge on any atom is 0.205 e. The van der Waals surface area contributed by atoms with Crippen LogP contribution in [0.5, 0.6) is 0 Å². The largest absolute Gasteiger partial charge is 0.504 e. The first kappa shape index (κ1) is 12.7. The van der Waals surface area contributed by atoms with Crippen LogP contribution in [0.4, 0.5) is 0 Å². The highest BCUT2D eigenvalue weighted by atomic mass is 16.8. The second-order valence-electron chi connectivity index (χ2n) is 4.45. The van der Waals surface area contributed by atoms with E-state index in [9.17, 15) is 0 Å². The zero-order valence-electron chi connectivity index (χ0n) is 10.5. The molecule has 0 atom stereocenters. The summed E-state index contributed by atoms with van der Waals surface area (Å²) in [6.45, 7) is 7.68. The first-order chi connectivity index (χ1) is 7.37. The molecule has 0 unspecified atom stereocenters. The van der Waals surface area contributed by atoms with Crippen LogP contribution in [-0.2, 0) is 14.2 Å². The van der Waals surface area contributed by atoms with Crippen molar-refractivity contribution in [2.24, 2.45) is 0 Å². The normalized spacial score (nSPS) is 23.9. The van der Waals surface area contributed by atoms with Crippen LogP contribution in [0.2, 0.25) is 0 Å². The summed E-state index contributed by atoms with van der Waals surface area (Å²) in [6, 6.07) is 0. The van der Waals surface area contributed by atoms with Gasteiger partial charge in [-0.05, 0) is 13.8 Å². The molecule has 0 amide bonds. The monoisotopic (exact) mass is 222 g/mol. The Balaban J connectivity index is 2.76. The summed E-state index contributed by atoms with van der Waals surface area (Å²) in [5.41, 5.74) is -0.427. The minimum Gasteiger partial charge on any atom is -0.504 e. The molecule has 3 heteroatoms. The SMILES string of the molecule is CO/C=C/C#CC=C1OC(C)(C)OC1(C)C. The fourth-order valence-electron chi connectivity index (χ4n) is 1.53. The first-order valence-electron chi connectivity index (χ1n) is 5.16. The quantitative estimate of drug-likeness (QED) is 0.504. The molecule has 1 saturated heterocycles. The standard InChI is InChI=1S/C13H18O3/c1-12(2)11(15-13(3,4)16-12)9-7-6-8-10-14-5/h8-10H,1-5H3/b10-8+,11-9?. The van der Waals surface area contributed by atoms with Crippen LogP contribution in [0.25, 0.3) is 0 Å². The Morgan fingerprint density at radius 3 is 2.38 bits per heavy atom. The third-order valence-electron chi connectivity index (χ3n) is 2.02. The molecule has 0 saturated carbocycles. The molecular weight excluding hydrogens is 204 g/mol. The van der Waals surface area contributed by atoms with E-state index in [0.29, 0.717) is 0 Å². The van der Waals surface area contributed by atoms with Gasteiger partial charge in [-0.25, -0.2) is 0 Å². The van der Waals surface area contributed by atoms with Crippen molar-refractivity contribution in [3.8, 4) is 11.8 Å². The summed E-state index contributed by atoms with van der Waals surface area (Å²) in [5.74, 6) is 5.84. The van der Waals surface area contributed by atoms with Crippen LogP contribution in [0.1, 0.15) is 27.7 Å². The van der Waals surface area contributed by atoms with Crippen LogP contribution in [-0.4, -0.2) is 18.5 Å². The third kappa shape index (κ3) is 3.32. The second-order valence-corrected chi connectivity index (χ2v) is 4.45. The highest BCUT2D eigenvalue weighted by Crippen LogP contribution is 2.38. The first-order valence-corrected chi connectivity index (χ1v) is 5.16. The smallest absolute Gasteiger partial charge is 0.205 e. The molecule has 0 bridgehead atoms. The van der Waals surface area contributed by atoms with Crippen molar-refractivity contribution in [1.29, 1.82) is 0 Å². The van der Waals surface area contributed by atoms with E-state index in [4.69, 9.17) is 14.2 Å². The fourth-order valence-corrected chi connectivity index (χ4v) is 1.53. The van der Waals surface area contributed by atoms with E-state index in [-0.39, 0.29) is 0 Å². The summed E-state index contributed by atoms with van der Waals surface area (Å²) >= 11 is 0. The molecule has 1 aliphatic heterocycles. The molecule has 3 nitrogen and oxygen atoms in total. The maximum atomic E-state index is 5.73. The predicted octanol–water partition coefficient (Wildman–Crippen LogP) is 2.60. The highest BCUT2D eigenvalue weighted by Gasteiger charge is 2.43. The Bertz CT molecular complexity index is 364. The average molecular weight is 222 g/mol. The van der Waals surface area contributed by atoms with E-state index in [1.807, 2.05) is 27.7 Å². The molecular formula is C13H18O3. The predicted molar refractivity (Wildman–Crippen MR) is 62.3 cm³/mol. The Labute approximate surface area is 97.1 Å². The number of ether oxygens (including phenoxy) is 3. The second kappa shape index (κ2) is 4.63. The number of hydrogen-bond donors (Lipinski definition) is 0. The van der Waals surface area contributed by atoms with Crippen molar-refractivity contribution in [2.75, 3.05) is 7.11 Å². The van der Waals surface area contributed by atoms with Crippen LogP contribution in [0.3, 0.4) is 0 Å². The van der Waals surface area contributed by atoms with Crippen molar-refractivity contribution < 1.29 is 14.2 Å². The molecule has 16 heavy (non-hydrogen) atoms. The lowest BCUT2D eigenvalue weighted by Gasteiger charge is -2.18. The van der Waals surface area contributed by atoms with Gasteiger partial charge in [0.15, 0.2) is 0 Å². The molecule has 0 aromatic rings. The molecule has 1 aliphatic rings. The zero-order valence-corrected chi connectivity index (χ0v) is 10.5. The summed E-state index contributed by atoms with van der Waals surface area (Å²) in [5, 5.41) is 0. The number of methoxy groups -OCH3 is 1. The Hall–Kier alpha value is -1.40. The van der Waals surface area contributed by atoms with Gasteiger partial charge in [0.1, 0.15) is 11.4 Å². The van der Waals surface area contributed by atoms with Gasteiger partial charge in [-0.2, -0.15) is 0 Å². The van der Waals surface area contributed by atoms with E-state index in [1.165, 1.54) is 6.26 Å². The summed E-state index contributed by atoms with van der Waals surface area (Å²) in [7, 11) is 1.58. The molecule has 0 radical (unpaired) electrons. The van der Waals surface area contributed by atoms with Gasteiger partial charge < -0.3 is 14.2 Å². The van der Waals surface area contributed by atoms with Crippen molar-refractivity contribution in [2.45, 2.75) is 39.1 Å². The number of hydrogen-bond acceptors (Lipinski definition) is 3. The van der Waals surface area contributed by atoms with E-state index >= 15 is 0 Å². The molecule has 1 rings (SSSR count). The van der Waals surface area contributed by atoms with Gasteiger partial charge in [0.2, 0.25) is 5.79 Å². The van der Waals surface area contributed by atoms with Crippen molar-refractivity contribution >= 4 is 0 Å². The van der Waals surface area contributed by atoms with Crippen LogP contribution in [0.15, 0.2) is 24.2 Å². The highest BCUT2D eigenvalue weighted by molar-refractivity contribution is 5.28. The van der Waals surface area contributed by atoms with Gasteiger partial charge in [-0.15, -0.1) is 0 Å². The molecule has 0 N–H and O–H groups in total. The maximum absolute atomic E-state index is 5.73. The Kier molecular flexibility index (Phi) is 3.66. The van der Waals surface area contributed by atoms with E-state index < -0.39 is 11.4 Å². The summed E-state index contributed by atoms with van der Waals surface area (Å²) < 4.78 is 16.1. The molecule has 1 heterocycles. The van der Waals surface area contributed by atoms with Gasteiger partial charge in [0.25, 0.3) is 0 Å². The van der Waals surface area contributed by atoms with Gasteiger partial charge >= 0.3 is 0 Å². The topological polar surface area (TPSA) is 27.7 Å². The number of rotatable bonds is 1. The zero-order chi connectivity index (χ0) is 12.2. The Morgan fingerprint density at radius 2 is 1.88 bits per heavy atom. The van der Waals surface area contributed by atoms with Gasteiger partial charge in [0.05, 0.1) is 13.4 Å². The van der Waals surface area contributed by atoms with Gasteiger partial charge in [-0.1, -0.05) is 11.8 Å². The summed E-state index contributed by atoms with van der Waals surface area (Å²) in [4.78, 5) is 0. The van der Waals surface area contributed by atoms with Crippen molar-refractivity contribution in [3.63, 3.8) is 0 Å². The molecule has 1 fully saturated rings. The lowest BCUT2D eigenvalue weighted by Crippen LogP contribution is -2.26.